The van der Waals surface area contributed by atoms with E-state index in [-0.39, 0.29) is 12.4 Å². The Hall–Kier alpha value is -0.390. The van der Waals surface area contributed by atoms with Crippen LogP contribution in [-0.4, -0.2) is 23.7 Å². The Bertz CT molecular complexity index is 293. The lowest BCUT2D eigenvalue weighted by Gasteiger charge is -2.01. The van der Waals surface area contributed by atoms with E-state index in [0.717, 1.165) is 14.2 Å². The lowest BCUT2D eigenvalue weighted by Crippen LogP contribution is -2.23. The molecule has 0 radical (unpaired) electrons. The van der Waals surface area contributed by atoms with Crippen LogP contribution in [0.2, 0.25) is 0 Å². The minimum Gasteiger partial charge on any atom is -0.303 e. The summed E-state index contributed by atoms with van der Waals surface area (Å²) in [5.41, 5.74) is 0. The van der Waals surface area contributed by atoms with Gasteiger partial charge in [0.25, 0.3) is 0 Å². The third kappa shape index (κ3) is 8.59. The van der Waals surface area contributed by atoms with Crippen molar-refractivity contribution in [2.75, 3.05) is 14.2 Å². The number of phosphoric ester groups is 1. The van der Waals surface area contributed by atoms with E-state index in [1.165, 1.54) is 0 Å². The maximum absolute atomic E-state index is 10.1. The van der Waals surface area contributed by atoms with Crippen molar-refractivity contribution in [1.29, 1.82) is 0 Å². The van der Waals surface area contributed by atoms with Gasteiger partial charge in [-0.15, -0.1) is 12.4 Å². The number of phosphoric acid groups is 1. The number of nitrogens with zero attached hydrogens (tertiary/aromatic N) is 2. The molecule has 1 N–H and O–H groups in total. The van der Waals surface area contributed by atoms with Gasteiger partial charge in [-0.1, -0.05) is 0 Å². The first-order valence-corrected chi connectivity index (χ1v) is 5.32. The van der Waals surface area contributed by atoms with Gasteiger partial charge in [0, 0.05) is 14.2 Å². The van der Waals surface area contributed by atoms with Gasteiger partial charge in [-0.2, -0.15) is 0 Å². The molecule has 0 unspecified atom stereocenters. The van der Waals surface area contributed by atoms with Gasteiger partial charge in [-0.05, 0) is 0 Å². The second-order valence-electron chi connectivity index (χ2n) is 2.58. The van der Waals surface area contributed by atoms with E-state index in [0.29, 0.717) is 0 Å². The summed E-state index contributed by atoms with van der Waals surface area (Å²) in [6.07, 6.45) is 6.00. The first-order valence-electron chi connectivity index (χ1n) is 3.82. The van der Waals surface area contributed by atoms with E-state index in [2.05, 4.69) is 9.05 Å². The third-order valence-electron chi connectivity index (χ3n) is 1.36. The van der Waals surface area contributed by atoms with E-state index in [4.69, 9.17) is 4.89 Å². The van der Waals surface area contributed by atoms with E-state index >= 15 is 0 Å². The average Bonchev–Trinajstić information content (AvgIpc) is 2.51. The highest BCUT2D eigenvalue weighted by Crippen LogP contribution is 2.40. The lowest BCUT2D eigenvalue weighted by molar-refractivity contribution is -0.670. The van der Waals surface area contributed by atoms with Crippen molar-refractivity contribution in [2.24, 2.45) is 14.1 Å². The molecule has 0 spiro atoms. The number of hydrogen-bond acceptors (Lipinski definition) is 3. The molecule has 0 bridgehead atoms. The Kier molecular flexibility index (Phi) is 8.90. The van der Waals surface area contributed by atoms with Crippen LogP contribution in [0.4, 0.5) is 0 Å². The molecule has 6 nitrogen and oxygen atoms in total. The summed E-state index contributed by atoms with van der Waals surface area (Å²) in [6.45, 7) is 0. The highest BCUT2D eigenvalue weighted by atomic mass is 35.5. The number of imidazole rings is 1. The molecule has 0 aromatic carbocycles. The SMILES string of the molecule is COP(=O)(O)OC.Cl.Cn1cc[n+](C)c1. The molecular weight excluding hydrogens is 243 g/mol. The summed E-state index contributed by atoms with van der Waals surface area (Å²) in [5.74, 6) is 0. The van der Waals surface area contributed by atoms with Gasteiger partial charge in [0.2, 0.25) is 6.33 Å². The highest BCUT2D eigenvalue weighted by molar-refractivity contribution is 7.47. The molecule has 0 saturated heterocycles. The zero-order chi connectivity index (χ0) is 11.2. The Morgan fingerprint density at radius 1 is 1.40 bits per heavy atom. The predicted octanol–water partition coefficient (Wildman–Crippen LogP) is 0.651. The topological polar surface area (TPSA) is 64.6 Å². The standard InChI is InChI=1S/C5H9N2.C2H7O4P.ClH/c1-6-3-4-7(2)5-6;1-5-7(3,4)6-2;/h3-5H,1-2H3;1-2H3,(H,3,4);1H/q+1;;. The first-order chi connectivity index (χ1) is 6.41. The van der Waals surface area contributed by atoms with E-state index in [1.807, 2.05) is 42.0 Å². The molecule has 0 saturated carbocycles. The molecule has 0 amide bonds. The van der Waals surface area contributed by atoms with Crippen LogP contribution >= 0.6 is 20.2 Å². The van der Waals surface area contributed by atoms with Crippen molar-refractivity contribution >= 4 is 20.2 Å². The second kappa shape index (κ2) is 7.84. The van der Waals surface area contributed by atoms with E-state index in [1.54, 1.807) is 0 Å². The van der Waals surface area contributed by atoms with Gasteiger partial charge in [0.15, 0.2) is 0 Å². The third-order valence-corrected chi connectivity index (χ3v) is 2.29. The van der Waals surface area contributed by atoms with E-state index < -0.39 is 7.82 Å². The summed E-state index contributed by atoms with van der Waals surface area (Å²) in [7, 11) is 2.55. The molecule has 0 aliphatic carbocycles. The number of aromatic nitrogens is 2. The van der Waals surface area contributed by atoms with Crippen molar-refractivity contribution in [3.63, 3.8) is 0 Å². The number of hydrogen-bond donors (Lipinski definition) is 1. The van der Waals surface area contributed by atoms with Crippen molar-refractivity contribution in [2.45, 2.75) is 0 Å². The molecule has 0 aliphatic heterocycles. The highest BCUT2D eigenvalue weighted by Gasteiger charge is 2.13. The zero-order valence-corrected chi connectivity index (χ0v) is 10.9. The van der Waals surface area contributed by atoms with E-state index in [9.17, 15) is 4.57 Å². The van der Waals surface area contributed by atoms with Crippen LogP contribution in [0.5, 0.6) is 0 Å². The molecule has 0 aliphatic rings. The van der Waals surface area contributed by atoms with Crippen LogP contribution < -0.4 is 4.57 Å². The summed E-state index contributed by atoms with van der Waals surface area (Å²) in [5, 5.41) is 0. The van der Waals surface area contributed by atoms with Gasteiger partial charge in [-0.3, -0.25) is 9.05 Å². The van der Waals surface area contributed by atoms with Crippen LogP contribution in [0.1, 0.15) is 0 Å². The fourth-order valence-electron chi connectivity index (χ4n) is 0.649. The van der Waals surface area contributed by atoms with Gasteiger partial charge in [-0.25, -0.2) is 13.7 Å². The first kappa shape index (κ1) is 17.0. The molecule has 90 valence electrons. The minimum atomic E-state index is -3.65. The predicted molar refractivity (Wildman–Crippen MR) is 57.7 cm³/mol. The average molecular weight is 260 g/mol. The molecule has 15 heavy (non-hydrogen) atoms. The van der Waals surface area contributed by atoms with Crippen molar-refractivity contribution < 1.29 is 23.1 Å². The van der Waals surface area contributed by atoms with Gasteiger partial charge >= 0.3 is 7.82 Å². The van der Waals surface area contributed by atoms with Crippen LogP contribution in [0.15, 0.2) is 18.7 Å². The summed E-state index contributed by atoms with van der Waals surface area (Å²) in [4.78, 5) is 8.24. The molecule has 1 heterocycles. The van der Waals surface area contributed by atoms with Crippen molar-refractivity contribution in [3.05, 3.63) is 18.7 Å². The van der Waals surface area contributed by atoms with Crippen LogP contribution in [0.25, 0.3) is 0 Å². The number of halogens is 1. The fourth-order valence-corrected chi connectivity index (χ4v) is 0.798. The minimum absolute atomic E-state index is 0. The second-order valence-corrected chi connectivity index (χ2v) is 4.25. The maximum atomic E-state index is 10.1. The number of aryl methyl sites for hydroxylation is 2. The Labute approximate surface area is 95.5 Å². The Morgan fingerprint density at radius 3 is 1.93 bits per heavy atom. The number of rotatable bonds is 2. The normalized spacial score (nSPS) is 9.93. The fraction of sp³-hybridized carbons (Fsp3) is 0.571. The van der Waals surface area contributed by atoms with Gasteiger partial charge in [0.1, 0.15) is 12.4 Å². The molecular formula is C7H17ClN2O4P+. The quantitative estimate of drug-likeness (QED) is 0.626. The van der Waals surface area contributed by atoms with Gasteiger partial charge < -0.3 is 4.89 Å². The van der Waals surface area contributed by atoms with Crippen LogP contribution in [-0.2, 0) is 27.7 Å². The molecule has 0 fully saturated rings. The van der Waals surface area contributed by atoms with Crippen LogP contribution in [0, 0.1) is 0 Å². The summed E-state index contributed by atoms with van der Waals surface area (Å²) < 4.78 is 22.0. The smallest absolute Gasteiger partial charge is 0.303 e. The zero-order valence-electron chi connectivity index (χ0n) is 9.15. The molecule has 8 heteroatoms. The Morgan fingerprint density at radius 2 is 1.87 bits per heavy atom. The molecule has 1 rings (SSSR count). The van der Waals surface area contributed by atoms with Crippen LogP contribution in [0.3, 0.4) is 0 Å². The molecule has 1 aromatic rings. The Balaban J connectivity index is 0. The van der Waals surface area contributed by atoms with Crippen molar-refractivity contribution in [3.8, 4) is 0 Å². The maximum Gasteiger partial charge on any atom is 0.471 e. The summed E-state index contributed by atoms with van der Waals surface area (Å²) >= 11 is 0. The van der Waals surface area contributed by atoms with Crippen molar-refractivity contribution in [1.82, 2.24) is 4.57 Å². The largest absolute Gasteiger partial charge is 0.471 e. The van der Waals surface area contributed by atoms with Gasteiger partial charge in [0.05, 0.1) is 14.1 Å². The monoisotopic (exact) mass is 259 g/mol. The molecule has 1 aromatic heterocycles. The lowest BCUT2D eigenvalue weighted by atomic mass is 10.9. The molecule has 0 atom stereocenters. The summed E-state index contributed by atoms with van der Waals surface area (Å²) in [6, 6.07) is 0.